The molecule has 0 aromatic heterocycles. The summed E-state index contributed by atoms with van der Waals surface area (Å²) >= 11 is 0. The summed E-state index contributed by atoms with van der Waals surface area (Å²) < 4.78 is 5.35. The largest absolute Gasteiger partial charge is 0.496 e. The van der Waals surface area contributed by atoms with Gasteiger partial charge in [0.15, 0.2) is 0 Å². The predicted molar refractivity (Wildman–Crippen MR) is 62.7 cm³/mol. The zero-order valence-electron chi connectivity index (χ0n) is 9.05. The van der Waals surface area contributed by atoms with E-state index < -0.39 is 0 Å². The van der Waals surface area contributed by atoms with Gasteiger partial charge < -0.3 is 4.74 Å². The Balaban J connectivity index is 3.58. The first-order chi connectivity index (χ1) is 6.65. The molecule has 0 radical (unpaired) electrons. The van der Waals surface area contributed by atoms with Crippen LogP contribution in [0.1, 0.15) is 22.3 Å². The lowest BCUT2D eigenvalue weighted by molar-refractivity contribution is 0.410. The molecule has 1 rings (SSSR count). The van der Waals surface area contributed by atoms with E-state index in [1.54, 1.807) is 7.11 Å². The van der Waals surface area contributed by atoms with Gasteiger partial charge in [-0.2, -0.15) is 0 Å². The van der Waals surface area contributed by atoms with E-state index in [1.165, 1.54) is 5.56 Å². The summed E-state index contributed by atoms with van der Waals surface area (Å²) in [4.78, 5) is 0. The van der Waals surface area contributed by atoms with Crippen LogP contribution in [0.15, 0.2) is 19.2 Å². The third kappa shape index (κ3) is 1.58. The molecule has 0 saturated carbocycles. The molecule has 14 heavy (non-hydrogen) atoms. The molecule has 0 aliphatic carbocycles. The number of hydrogen-bond acceptors (Lipinski definition) is 1. The van der Waals surface area contributed by atoms with Gasteiger partial charge in [0, 0.05) is 5.56 Å². The van der Waals surface area contributed by atoms with Crippen molar-refractivity contribution in [3.05, 3.63) is 41.5 Å². The van der Waals surface area contributed by atoms with Crippen molar-refractivity contribution in [2.24, 2.45) is 0 Å². The van der Waals surface area contributed by atoms with Gasteiger partial charge in [-0.1, -0.05) is 31.4 Å². The van der Waals surface area contributed by atoms with Crippen LogP contribution in [0.5, 0.6) is 5.75 Å². The first-order valence-corrected chi connectivity index (χ1v) is 4.58. The van der Waals surface area contributed by atoms with E-state index in [1.807, 2.05) is 19.1 Å². The van der Waals surface area contributed by atoms with E-state index in [-0.39, 0.29) is 0 Å². The fourth-order valence-corrected chi connectivity index (χ4v) is 1.76. The van der Waals surface area contributed by atoms with Crippen LogP contribution in [0.3, 0.4) is 0 Å². The molecule has 0 fully saturated rings. The van der Waals surface area contributed by atoms with Crippen molar-refractivity contribution in [1.82, 2.24) is 0 Å². The third-order valence-corrected chi connectivity index (χ3v) is 2.36. The molecule has 74 valence electrons. The second kappa shape index (κ2) is 4.14. The highest BCUT2D eigenvalue weighted by Crippen LogP contribution is 2.30. The molecule has 0 bridgehead atoms. The summed E-state index contributed by atoms with van der Waals surface area (Å²) in [6, 6.07) is 2.10. The molecule has 0 aliphatic rings. The van der Waals surface area contributed by atoms with Gasteiger partial charge >= 0.3 is 0 Å². The fourth-order valence-electron chi connectivity index (χ4n) is 1.76. The number of rotatable bonds is 3. The Labute approximate surface area is 85.7 Å². The maximum Gasteiger partial charge on any atom is 0.129 e. The summed E-state index contributed by atoms with van der Waals surface area (Å²) in [5.74, 6) is 0.889. The Morgan fingerprint density at radius 2 is 1.64 bits per heavy atom. The minimum atomic E-state index is 0.889. The first-order valence-electron chi connectivity index (χ1n) is 4.58. The second-order valence-corrected chi connectivity index (χ2v) is 3.28. The summed E-state index contributed by atoms with van der Waals surface area (Å²) in [5.41, 5.74) is 4.46. The average Bonchev–Trinajstić information content (AvgIpc) is 2.16. The van der Waals surface area contributed by atoms with Crippen LogP contribution in [-0.2, 0) is 0 Å². The topological polar surface area (TPSA) is 9.23 Å². The van der Waals surface area contributed by atoms with Crippen LogP contribution in [0.4, 0.5) is 0 Å². The van der Waals surface area contributed by atoms with Crippen LogP contribution in [0.25, 0.3) is 12.2 Å². The van der Waals surface area contributed by atoms with Crippen molar-refractivity contribution in [2.75, 3.05) is 7.11 Å². The monoisotopic (exact) mass is 188 g/mol. The van der Waals surface area contributed by atoms with Crippen molar-refractivity contribution in [3.8, 4) is 5.75 Å². The van der Waals surface area contributed by atoms with Gasteiger partial charge in [-0.15, -0.1) is 0 Å². The van der Waals surface area contributed by atoms with Gasteiger partial charge in [0.25, 0.3) is 0 Å². The maximum absolute atomic E-state index is 5.35. The van der Waals surface area contributed by atoms with Crippen molar-refractivity contribution in [2.45, 2.75) is 13.8 Å². The zero-order chi connectivity index (χ0) is 10.7. The summed E-state index contributed by atoms with van der Waals surface area (Å²) in [7, 11) is 1.68. The Hall–Kier alpha value is -1.50. The molecule has 1 nitrogen and oxygen atoms in total. The average molecular weight is 188 g/mol. The number of aryl methyl sites for hydroxylation is 2. The Morgan fingerprint density at radius 1 is 1.07 bits per heavy atom. The molecule has 0 saturated heterocycles. The van der Waals surface area contributed by atoms with Crippen LogP contribution in [0, 0.1) is 13.8 Å². The van der Waals surface area contributed by atoms with E-state index in [0.717, 1.165) is 22.4 Å². The summed E-state index contributed by atoms with van der Waals surface area (Å²) in [6.07, 6.45) is 3.66. The number of benzene rings is 1. The lowest BCUT2D eigenvalue weighted by atomic mass is 9.97. The minimum absolute atomic E-state index is 0.889. The van der Waals surface area contributed by atoms with Crippen molar-refractivity contribution < 1.29 is 4.74 Å². The van der Waals surface area contributed by atoms with Gasteiger partial charge in [-0.3, -0.25) is 0 Å². The summed E-state index contributed by atoms with van der Waals surface area (Å²) in [6.45, 7) is 11.7. The highest BCUT2D eigenvalue weighted by atomic mass is 16.5. The van der Waals surface area contributed by atoms with Gasteiger partial charge in [-0.05, 0) is 30.5 Å². The lowest BCUT2D eigenvalue weighted by Gasteiger charge is -2.13. The van der Waals surface area contributed by atoms with Gasteiger partial charge in [0.05, 0.1) is 7.11 Å². The molecule has 0 heterocycles. The van der Waals surface area contributed by atoms with Gasteiger partial charge in [-0.25, -0.2) is 0 Å². The van der Waals surface area contributed by atoms with E-state index >= 15 is 0 Å². The van der Waals surface area contributed by atoms with Crippen LogP contribution in [0.2, 0.25) is 0 Å². The normalized spacial score (nSPS) is 9.64. The van der Waals surface area contributed by atoms with Crippen molar-refractivity contribution >= 4 is 12.2 Å². The first kappa shape index (κ1) is 10.6. The van der Waals surface area contributed by atoms with Crippen LogP contribution >= 0.6 is 0 Å². The minimum Gasteiger partial charge on any atom is -0.496 e. The number of ether oxygens (including phenoxy) is 1. The second-order valence-electron chi connectivity index (χ2n) is 3.28. The molecular weight excluding hydrogens is 172 g/mol. The fraction of sp³-hybridized carbons (Fsp3) is 0.231. The standard InChI is InChI=1S/C13H16O/c1-6-11-9(3)8-10(4)13(14-5)12(11)7-2/h6-8H,1-2H2,3-5H3. The van der Waals surface area contributed by atoms with Gasteiger partial charge in [0.1, 0.15) is 5.75 Å². The molecule has 1 aromatic carbocycles. The highest BCUT2D eigenvalue weighted by Gasteiger charge is 2.09. The van der Waals surface area contributed by atoms with Crippen LogP contribution in [-0.4, -0.2) is 7.11 Å². The molecule has 0 atom stereocenters. The van der Waals surface area contributed by atoms with E-state index in [0.29, 0.717) is 0 Å². The molecule has 1 heteroatoms. The SMILES string of the molecule is C=Cc1c(C)cc(C)c(OC)c1C=C. The van der Waals surface area contributed by atoms with Crippen molar-refractivity contribution in [1.29, 1.82) is 0 Å². The predicted octanol–water partition coefficient (Wildman–Crippen LogP) is 3.60. The van der Waals surface area contributed by atoms with Crippen LogP contribution < -0.4 is 4.74 Å². The lowest BCUT2D eigenvalue weighted by Crippen LogP contribution is -1.96. The zero-order valence-corrected chi connectivity index (χ0v) is 9.05. The van der Waals surface area contributed by atoms with E-state index in [4.69, 9.17) is 4.74 Å². The molecule has 0 spiro atoms. The number of methoxy groups -OCH3 is 1. The Morgan fingerprint density at radius 3 is 2.07 bits per heavy atom. The molecule has 1 aromatic rings. The molecular formula is C13H16O. The van der Waals surface area contributed by atoms with Gasteiger partial charge in [0.2, 0.25) is 0 Å². The van der Waals surface area contributed by atoms with Crippen molar-refractivity contribution in [3.63, 3.8) is 0 Å². The molecule has 0 N–H and O–H groups in total. The molecule has 0 amide bonds. The molecule has 0 aliphatic heterocycles. The van der Waals surface area contributed by atoms with E-state index in [2.05, 4.69) is 26.1 Å². The quantitative estimate of drug-likeness (QED) is 0.704. The molecule has 0 unspecified atom stereocenters. The smallest absolute Gasteiger partial charge is 0.129 e. The Kier molecular flexibility index (Phi) is 3.13. The third-order valence-electron chi connectivity index (χ3n) is 2.36. The highest BCUT2D eigenvalue weighted by molar-refractivity contribution is 5.72. The maximum atomic E-state index is 5.35. The number of hydrogen-bond donors (Lipinski definition) is 0. The Bertz CT molecular complexity index is 375. The van der Waals surface area contributed by atoms with E-state index in [9.17, 15) is 0 Å². The summed E-state index contributed by atoms with van der Waals surface area (Å²) in [5, 5.41) is 0.